The summed E-state index contributed by atoms with van der Waals surface area (Å²) in [6.45, 7) is 7.28. The number of nitrogens with zero attached hydrogens (tertiary/aromatic N) is 4. The number of hydrogen-bond donors (Lipinski definition) is 1. The molecule has 0 spiro atoms. The minimum Gasteiger partial charge on any atom is -0.350 e. The van der Waals surface area contributed by atoms with E-state index in [-0.39, 0.29) is 12.1 Å². The number of carbonyl (C=O) groups excluding carboxylic acids is 1. The Kier molecular flexibility index (Phi) is 5.61. The van der Waals surface area contributed by atoms with Crippen LogP contribution >= 0.6 is 0 Å². The Hall–Kier alpha value is -3.81. The van der Waals surface area contributed by atoms with Gasteiger partial charge in [-0.1, -0.05) is 35.9 Å². The lowest BCUT2D eigenvalue weighted by atomic mass is 10.2. The normalized spacial score (nSPS) is 12.2. The van der Waals surface area contributed by atoms with Crippen molar-refractivity contribution in [3.8, 4) is 5.69 Å². The van der Waals surface area contributed by atoms with Crippen LogP contribution in [0.3, 0.4) is 0 Å². The summed E-state index contributed by atoms with van der Waals surface area (Å²) < 4.78 is 16.7. The molecule has 8 heteroatoms. The van der Waals surface area contributed by atoms with Gasteiger partial charge in [0.2, 0.25) is 5.91 Å². The molecule has 1 amide bonds. The summed E-state index contributed by atoms with van der Waals surface area (Å²) in [5.74, 6) is -0.832. The zero-order chi connectivity index (χ0) is 23.0. The molecule has 0 bridgehead atoms. The second-order valence-corrected chi connectivity index (χ2v) is 7.88. The number of aryl methyl sites for hydroxylation is 3. The zero-order valence-corrected chi connectivity index (χ0v) is 18.4. The maximum atomic E-state index is 13.8. The summed E-state index contributed by atoms with van der Waals surface area (Å²) in [7, 11) is 0. The minimum atomic E-state index is -0.887. The highest BCUT2D eigenvalue weighted by molar-refractivity contribution is 5.84. The van der Waals surface area contributed by atoms with E-state index in [0.717, 1.165) is 21.6 Å². The fourth-order valence-corrected chi connectivity index (χ4v) is 3.73. The molecule has 4 aromatic rings. The lowest BCUT2D eigenvalue weighted by Crippen LogP contribution is -2.37. The van der Waals surface area contributed by atoms with Gasteiger partial charge in [0.25, 0.3) is 5.56 Å². The summed E-state index contributed by atoms with van der Waals surface area (Å²) in [4.78, 5) is 25.9. The third-order valence-corrected chi connectivity index (χ3v) is 5.58. The molecule has 1 N–H and O–H groups in total. The molecule has 164 valence electrons. The first-order chi connectivity index (χ1) is 15.3. The number of aromatic nitrogens is 4. The van der Waals surface area contributed by atoms with E-state index in [1.54, 1.807) is 36.7 Å². The zero-order valence-electron chi connectivity index (χ0n) is 18.4. The van der Waals surface area contributed by atoms with Gasteiger partial charge in [0.15, 0.2) is 5.52 Å². The summed E-state index contributed by atoms with van der Waals surface area (Å²) in [6.07, 6.45) is 0. The number of benzene rings is 2. The molecule has 0 fully saturated rings. The molecular weight excluding hydrogens is 409 g/mol. The van der Waals surface area contributed by atoms with Crippen LogP contribution in [0.1, 0.15) is 35.5 Å². The number of fused-ring (bicyclic) bond motifs is 1. The smallest absolute Gasteiger partial charge is 0.295 e. The molecule has 2 aromatic heterocycles. The van der Waals surface area contributed by atoms with Crippen LogP contribution in [0.15, 0.2) is 53.3 Å². The maximum Gasteiger partial charge on any atom is 0.295 e. The molecule has 0 saturated heterocycles. The molecule has 0 aliphatic carbocycles. The SMILES string of the molecule is Cc1ccc(-n2nc3c(=O)n(C(C)C(=O)NCc4ccccc4F)nc(C)c3c2C)cc1. The van der Waals surface area contributed by atoms with Crippen molar-refractivity contribution in [3.05, 3.63) is 87.2 Å². The van der Waals surface area contributed by atoms with Crippen LogP contribution in [-0.2, 0) is 11.3 Å². The molecule has 0 radical (unpaired) electrons. The van der Waals surface area contributed by atoms with Gasteiger partial charge in [0, 0.05) is 12.1 Å². The van der Waals surface area contributed by atoms with Crippen molar-refractivity contribution >= 4 is 16.8 Å². The standard InChI is InChI=1S/C24H24FN5O2/c1-14-9-11-19(12-10-14)29-16(3)21-15(2)27-30(24(32)22(21)28-29)17(4)23(31)26-13-18-7-5-6-8-20(18)25/h5-12,17H,13H2,1-4H3,(H,26,31). The second-order valence-electron chi connectivity index (χ2n) is 7.88. The molecule has 0 aliphatic heterocycles. The predicted octanol–water partition coefficient (Wildman–Crippen LogP) is 3.52. The number of amides is 1. The van der Waals surface area contributed by atoms with E-state index in [4.69, 9.17) is 0 Å². The fourth-order valence-electron chi connectivity index (χ4n) is 3.73. The quantitative estimate of drug-likeness (QED) is 0.522. The van der Waals surface area contributed by atoms with Gasteiger partial charge in [-0.2, -0.15) is 10.2 Å². The van der Waals surface area contributed by atoms with Crippen LogP contribution in [0.25, 0.3) is 16.6 Å². The average molecular weight is 433 g/mol. The molecule has 7 nitrogen and oxygen atoms in total. The maximum absolute atomic E-state index is 13.8. The number of hydrogen-bond acceptors (Lipinski definition) is 4. The Balaban J connectivity index is 1.68. The Morgan fingerprint density at radius 3 is 2.44 bits per heavy atom. The number of nitrogens with one attached hydrogen (secondary N) is 1. The van der Waals surface area contributed by atoms with Gasteiger partial charge in [-0.05, 0) is 45.9 Å². The van der Waals surface area contributed by atoms with Crippen LogP contribution in [0.4, 0.5) is 4.39 Å². The third kappa shape index (κ3) is 3.79. The van der Waals surface area contributed by atoms with Crippen LogP contribution < -0.4 is 10.9 Å². The molecule has 0 saturated carbocycles. The Morgan fingerprint density at radius 2 is 1.75 bits per heavy atom. The van der Waals surface area contributed by atoms with Crippen LogP contribution in [-0.4, -0.2) is 25.5 Å². The van der Waals surface area contributed by atoms with Crippen molar-refractivity contribution in [3.63, 3.8) is 0 Å². The lowest BCUT2D eigenvalue weighted by molar-refractivity contribution is -0.124. The average Bonchev–Trinajstić information content (AvgIpc) is 3.13. The first-order valence-corrected chi connectivity index (χ1v) is 10.3. The van der Waals surface area contributed by atoms with E-state index in [1.807, 2.05) is 38.1 Å². The predicted molar refractivity (Wildman–Crippen MR) is 120 cm³/mol. The van der Waals surface area contributed by atoms with Crippen molar-refractivity contribution in [1.82, 2.24) is 24.9 Å². The van der Waals surface area contributed by atoms with Gasteiger partial charge >= 0.3 is 0 Å². The first kappa shape index (κ1) is 21.4. The Bertz CT molecular complexity index is 1370. The fraction of sp³-hybridized carbons (Fsp3) is 0.250. The number of halogens is 1. The van der Waals surface area contributed by atoms with E-state index in [2.05, 4.69) is 15.5 Å². The van der Waals surface area contributed by atoms with E-state index < -0.39 is 23.3 Å². The van der Waals surface area contributed by atoms with E-state index in [9.17, 15) is 14.0 Å². The number of carbonyl (C=O) groups is 1. The molecule has 1 unspecified atom stereocenters. The van der Waals surface area contributed by atoms with Crippen LogP contribution in [0.2, 0.25) is 0 Å². The van der Waals surface area contributed by atoms with Gasteiger partial charge in [0.1, 0.15) is 11.9 Å². The van der Waals surface area contributed by atoms with Gasteiger partial charge in [-0.3, -0.25) is 9.59 Å². The molecule has 2 aromatic carbocycles. The highest BCUT2D eigenvalue weighted by Crippen LogP contribution is 2.22. The molecule has 1 atom stereocenters. The van der Waals surface area contributed by atoms with Crippen LogP contribution in [0.5, 0.6) is 0 Å². The van der Waals surface area contributed by atoms with E-state index in [1.165, 1.54) is 6.07 Å². The Morgan fingerprint density at radius 1 is 1.06 bits per heavy atom. The summed E-state index contributed by atoms with van der Waals surface area (Å²) in [6, 6.07) is 13.2. The summed E-state index contributed by atoms with van der Waals surface area (Å²) >= 11 is 0. The second kappa shape index (κ2) is 8.37. The molecular formula is C24H24FN5O2. The summed E-state index contributed by atoms with van der Waals surface area (Å²) in [5.41, 5.74) is 3.53. The van der Waals surface area contributed by atoms with Gasteiger partial charge in [-0.25, -0.2) is 13.8 Å². The molecule has 32 heavy (non-hydrogen) atoms. The van der Waals surface area contributed by atoms with E-state index >= 15 is 0 Å². The summed E-state index contributed by atoms with van der Waals surface area (Å²) in [5, 5.41) is 12.3. The largest absolute Gasteiger partial charge is 0.350 e. The van der Waals surface area contributed by atoms with Crippen molar-refractivity contribution in [2.24, 2.45) is 0 Å². The Labute approximate surface area is 184 Å². The minimum absolute atomic E-state index is 0.0208. The number of rotatable bonds is 5. The van der Waals surface area contributed by atoms with Crippen molar-refractivity contribution in [1.29, 1.82) is 0 Å². The first-order valence-electron chi connectivity index (χ1n) is 10.3. The monoisotopic (exact) mass is 433 g/mol. The van der Waals surface area contributed by atoms with Crippen molar-refractivity contribution in [2.75, 3.05) is 0 Å². The van der Waals surface area contributed by atoms with Gasteiger partial charge < -0.3 is 5.32 Å². The molecule has 0 aliphatic rings. The highest BCUT2D eigenvalue weighted by atomic mass is 19.1. The highest BCUT2D eigenvalue weighted by Gasteiger charge is 2.23. The van der Waals surface area contributed by atoms with Gasteiger partial charge in [0.05, 0.1) is 22.5 Å². The molecule has 2 heterocycles. The van der Waals surface area contributed by atoms with Gasteiger partial charge in [-0.15, -0.1) is 0 Å². The van der Waals surface area contributed by atoms with Crippen LogP contribution in [0, 0.1) is 26.6 Å². The van der Waals surface area contributed by atoms with E-state index in [0.29, 0.717) is 16.6 Å². The van der Waals surface area contributed by atoms with Crippen molar-refractivity contribution < 1.29 is 9.18 Å². The topological polar surface area (TPSA) is 81.8 Å². The lowest BCUT2D eigenvalue weighted by Gasteiger charge is -2.15. The van der Waals surface area contributed by atoms with Crippen molar-refractivity contribution in [2.45, 2.75) is 40.3 Å². The molecule has 4 rings (SSSR count). The third-order valence-electron chi connectivity index (χ3n) is 5.58.